The molecule has 168 valence electrons. The summed E-state index contributed by atoms with van der Waals surface area (Å²) in [5.41, 5.74) is 3.14. The van der Waals surface area contributed by atoms with Gasteiger partial charge in [-0.05, 0) is 31.5 Å². The van der Waals surface area contributed by atoms with Gasteiger partial charge in [0.2, 0.25) is 0 Å². The van der Waals surface area contributed by atoms with Gasteiger partial charge in [0.25, 0.3) is 0 Å². The summed E-state index contributed by atoms with van der Waals surface area (Å²) < 4.78 is 5.46. The van der Waals surface area contributed by atoms with E-state index in [9.17, 15) is 9.59 Å². The molecule has 1 aromatic rings. The molecule has 1 fully saturated rings. The fourth-order valence-corrected chi connectivity index (χ4v) is 4.26. The third-order valence-corrected chi connectivity index (χ3v) is 6.03. The van der Waals surface area contributed by atoms with Crippen LogP contribution in [-0.2, 0) is 9.53 Å². The topological polar surface area (TPSA) is 65.1 Å². The summed E-state index contributed by atoms with van der Waals surface area (Å²) in [4.78, 5) is 32.6. The highest BCUT2D eigenvalue weighted by Gasteiger charge is 2.39. The molecule has 7 heteroatoms. The van der Waals surface area contributed by atoms with Gasteiger partial charge in [-0.1, -0.05) is 37.3 Å². The van der Waals surface area contributed by atoms with E-state index in [1.54, 1.807) is 17.9 Å². The predicted molar refractivity (Wildman–Crippen MR) is 122 cm³/mol. The monoisotopic (exact) mass is 426 g/mol. The first-order valence-electron chi connectivity index (χ1n) is 11.1. The molecule has 2 aliphatic rings. The summed E-state index contributed by atoms with van der Waals surface area (Å²) in [6.07, 6.45) is 1.69. The first-order chi connectivity index (χ1) is 15.0. The zero-order valence-electron chi connectivity index (χ0n) is 18.9. The molecule has 2 aliphatic heterocycles. The average molecular weight is 427 g/mol. The van der Waals surface area contributed by atoms with Crippen LogP contribution in [0, 0.1) is 6.92 Å². The molecule has 2 amide bonds. The minimum Gasteiger partial charge on any atom is -0.463 e. The number of piperazine rings is 1. The number of hydrogen-bond donors (Lipinski definition) is 1. The van der Waals surface area contributed by atoms with Crippen molar-refractivity contribution in [2.45, 2.75) is 26.8 Å². The maximum atomic E-state index is 13.2. The molecule has 0 unspecified atom stereocenters. The van der Waals surface area contributed by atoms with Crippen LogP contribution in [0.1, 0.15) is 31.0 Å². The SMILES string of the molecule is C=CCN1C(=O)N[C@H](c2ccccc2C)C(C(=O)OCC)=C1CN1CCN(CC)CC1. The number of urea groups is 1. The highest BCUT2D eigenvalue weighted by Crippen LogP contribution is 2.33. The van der Waals surface area contributed by atoms with Gasteiger partial charge in [-0.25, -0.2) is 9.59 Å². The third kappa shape index (κ3) is 5.17. The van der Waals surface area contributed by atoms with Crippen molar-refractivity contribution in [3.8, 4) is 0 Å². The normalized spacial score (nSPS) is 20.5. The Morgan fingerprint density at radius 1 is 1.19 bits per heavy atom. The summed E-state index contributed by atoms with van der Waals surface area (Å²) in [6.45, 7) is 15.7. The highest BCUT2D eigenvalue weighted by molar-refractivity contribution is 5.95. The Kier molecular flexibility index (Phi) is 7.87. The van der Waals surface area contributed by atoms with Crippen molar-refractivity contribution in [3.05, 3.63) is 59.3 Å². The molecular weight excluding hydrogens is 392 g/mol. The van der Waals surface area contributed by atoms with E-state index in [-0.39, 0.29) is 18.6 Å². The largest absolute Gasteiger partial charge is 0.463 e. The lowest BCUT2D eigenvalue weighted by atomic mass is 9.91. The van der Waals surface area contributed by atoms with E-state index in [1.807, 2.05) is 31.2 Å². The number of likely N-dealkylation sites (N-methyl/N-ethyl adjacent to an activating group) is 1. The standard InChI is InChI=1S/C24H34N4O3/c1-5-12-28-20(17-27-15-13-26(6-2)14-16-27)21(23(29)31-7-3)22(25-24(28)30)19-11-9-8-10-18(19)4/h5,8-11,22H,1,6-7,12-17H2,2-4H3,(H,25,30)/t22-/m1/s1. The Morgan fingerprint density at radius 3 is 2.48 bits per heavy atom. The number of carbonyl (C=O) groups is 2. The van der Waals surface area contributed by atoms with Gasteiger partial charge in [-0.15, -0.1) is 6.58 Å². The number of carbonyl (C=O) groups excluding carboxylic acids is 2. The van der Waals surface area contributed by atoms with Gasteiger partial charge in [0, 0.05) is 45.0 Å². The Balaban J connectivity index is 2.06. The van der Waals surface area contributed by atoms with Crippen LogP contribution in [0.5, 0.6) is 0 Å². The summed E-state index contributed by atoms with van der Waals surface area (Å²) in [5, 5.41) is 3.03. The predicted octanol–water partition coefficient (Wildman–Crippen LogP) is 2.70. The summed E-state index contributed by atoms with van der Waals surface area (Å²) in [5.74, 6) is -0.382. The molecule has 0 aliphatic carbocycles. The first kappa shape index (κ1) is 23.0. The molecule has 0 saturated carbocycles. The number of rotatable bonds is 8. The van der Waals surface area contributed by atoms with Crippen LogP contribution in [0.4, 0.5) is 4.79 Å². The summed E-state index contributed by atoms with van der Waals surface area (Å²) >= 11 is 0. The van der Waals surface area contributed by atoms with Crippen LogP contribution < -0.4 is 5.32 Å². The highest BCUT2D eigenvalue weighted by atomic mass is 16.5. The Bertz CT molecular complexity index is 843. The second kappa shape index (κ2) is 10.6. The second-order valence-corrected chi connectivity index (χ2v) is 7.93. The number of nitrogens with one attached hydrogen (secondary N) is 1. The lowest BCUT2D eigenvalue weighted by Crippen LogP contribution is -2.53. The zero-order chi connectivity index (χ0) is 22.4. The molecule has 2 heterocycles. The smallest absolute Gasteiger partial charge is 0.338 e. The van der Waals surface area contributed by atoms with E-state index in [0.29, 0.717) is 24.4 Å². The molecule has 1 atom stereocenters. The molecule has 0 spiro atoms. The third-order valence-electron chi connectivity index (χ3n) is 6.03. The van der Waals surface area contributed by atoms with Crippen molar-refractivity contribution >= 4 is 12.0 Å². The fourth-order valence-electron chi connectivity index (χ4n) is 4.26. The molecule has 1 N–H and O–H groups in total. The number of ether oxygens (including phenoxy) is 1. The Morgan fingerprint density at radius 2 is 1.87 bits per heavy atom. The Labute approximate surface area is 185 Å². The quantitative estimate of drug-likeness (QED) is 0.512. The van der Waals surface area contributed by atoms with Crippen molar-refractivity contribution in [3.63, 3.8) is 0 Å². The molecule has 31 heavy (non-hydrogen) atoms. The van der Waals surface area contributed by atoms with E-state index in [0.717, 1.165) is 43.9 Å². The van der Waals surface area contributed by atoms with Gasteiger partial charge in [-0.2, -0.15) is 0 Å². The number of esters is 1. The van der Waals surface area contributed by atoms with Gasteiger partial charge in [-0.3, -0.25) is 9.80 Å². The molecular formula is C24H34N4O3. The molecule has 1 saturated heterocycles. The number of amides is 2. The maximum Gasteiger partial charge on any atom is 0.338 e. The molecule has 0 radical (unpaired) electrons. The van der Waals surface area contributed by atoms with Crippen LogP contribution in [0.25, 0.3) is 0 Å². The van der Waals surface area contributed by atoms with E-state index in [1.165, 1.54) is 0 Å². The summed E-state index contributed by atoms with van der Waals surface area (Å²) in [7, 11) is 0. The van der Waals surface area contributed by atoms with Gasteiger partial charge < -0.3 is 15.0 Å². The summed E-state index contributed by atoms with van der Waals surface area (Å²) in [6, 6.07) is 7.07. The maximum absolute atomic E-state index is 13.2. The van der Waals surface area contributed by atoms with Gasteiger partial charge in [0.05, 0.1) is 18.2 Å². The zero-order valence-corrected chi connectivity index (χ0v) is 18.9. The van der Waals surface area contributed by atoms with Crippen LogP contribution in [0.15, 0.2) is 48.2 Å². The molecule has 0 bridgehead atoms. The minimum absolute atomic E-state index is 0.219. The van der Waals surface area contributed by atoms with Crippen LogP contribution in [0.2, 0.25) is 0 Å². The van der Waals surface area contributed by atoms with Crippen LogP contribution in [-0.4, -0.2) is 79.1 Å². The van der Waals surface area contributed by atoms with Crippen molar-refractivity contribution < 1.29 is 14.3 Å². The minimum atomic E-state index is -0.541. The van der Waals surface area contributed by atoms with Crippen molar-refractivity contribution in [1.82, 2.24) is 20.0 Å². The average Bonchev–Trinajstić information content (AvgIpc) is 2.77. The van der Waals surface area contributed by atoms with E-state index >= 15 is 0 Å². The van der Waals surface area contributed by atoms with Crippen molar-refractivity contribution in [2.24, 2.45) is 0 Å². The van der Waals surface area contributed by atoms with Gasteiger partial charge in [0.15, 0.2) is 0 Å². The fraction of sp³-hybridized carbons (Fsp3) is 0.500. The molecule has 3 rings (SSSR count). The molecule has 0 aromatic heterocycles. The number of hydrogen-bond acceptors (Lipinski definition) is 5. The van der Waals surface area contributed by atoms with E-state index in [4.69, 9.17) is 4.74 Å². The molecule has 7 nitrogen and oxygen atoms in total. The van der Waals surface area contributed by atoms with Gasteiger partial charge in [0.1, 0.15) is 0 Å². The number of aryl methyl sites for hydroxylation is 1. The van der Waals surface area contributed by atoms with Crippen LogP contribution in [0.3, 0.4) is 0 Å². The van der Waals surface area contributed by atoms with Crippen molar-refractivity contribution in [1.29, 1.82) is 0 Å². The number of nitrogens with zero attached hydrogens (tertiary/aromatic N) is 3. The number of benzene rings is 1. The van der Waals surface area contributed by atoms with Crippen molar-refractivity contribution in [2.75, 3.05) is 52.4 Å². The Hall–Kier alpha value is -2.64. The van der Waals surface area contributed by atoms with E-state index < -0.39 is 6.04 Å². The lowest BCUT2D eigenvalue weighted by Gasteiger charge is -2.40. The van der Waals surface area contributed by atoms with E-state index in [2.05, 4.69) is 28.6 Å². The lowest BCUT2D eigenvalue weighted by molar-refractivity contribution is -0.139. The second-order valence-electron chi connectivity index (χ2n) is 7.93. The first-order valence-corrected chi connectivity index (χ1v) is 11.1. The molecule has 1 aromatic carbocycles. The van der Waals surface area contributed by atoms with Gasteiger partial charge >= 0.3 is 12.0 Å². The van der Waals surface area contributed by atoms with Crippen LogP contribution >= 0.6 is 0 Å².